The smallest absolute Gasteiger partial charge is 0.135 e. The molecule has 0 aliphatic rings. The van der Waals surface area contributed by atoms with Gasteiger partial charge in [0, 0.05) is 25.0 Å². The second kappa shape index (κ2) is 6.06. The zero-order valence-corrected chi connectivity index (χ0v) is 12.7. The first kappa shape index (κ1) is 14.5. The first-order valence-corrected chi connectivity index (χ1v) is 6.99. The van der Waals surface area contributed by atoms with E-state index in [0.29, 0.717) is 0 Å². The normalized spacial score (nSPS) is 12.2. The molecule has 0 saturated carbocycles. The van der Waals surface area contributed by atoms with Crippen LogP contribution in [0.15, 0.2) is 36.5 Å². The van der Waals surface area contributed by atoms with E-state index in [2.05, 4.69) is 54.1 Å². The van der Waals surface area contributed by atoms with E-state index in [1.807, 2.05) is 20.2 Å². The summed E-state index contributed by atoms with van der Waals surface area (Å²) >= 11 is 0. The molecular formula is C17H23N3. The molecule has 0 aliphatic heterocycles. The Morgan fingerprint density at radius 1 is 1.20 bits per heavy atom. The lowest BCUT2D eigenvalue weighted by Gasteiger charge is -2.21. The van der Waals surface area contributed by atoms with Crippen molar-refractivity contribution in [2.45, 2.75) is 33.2 Å². The number of aryl methyl sites for hydroxylation is 2. The Labute approximate surface area is 121 Å². The lowest BCUT2D eigenvalue weighted by molar-refractivity contribution is 0.735. The van der Waals surface area contributed by atoms with Crippen LogP contribution < -0.4 is 10.6 Å². The Morgan fingerprint density at radius 3 is 2.40 bits per heavy atom. The molecule has 2 aromatic rings. The van der Waals surface area contributed by atoms with Gasteiger partial charge in [-0.1, -0.05) is 23.8 Å². The second-order valence-corrected chi connectivity index (χ2v) is 5.56. The van der Waals surface area contributed by atoms with Gasteiger partial charge in [0.15, 0.2) is 0 Å². The number of pyridine rings is 1. The van der Waals surface area contributed by atoms with Crippen molar-refractivity contribution < 1.29 is 0 Å². The Hall–Kier alpha value is -1.87. The van der Waals surface area contributed by atoms with E-state index in [1.54, 1.807) is 0 Å². The molecular weight excluding hydrogens is 246 g/mol. The molecule has 2 N–H and O–H groups in total. The summed E-state index contributed by atoms with van der Waals surface area (Å²) in [6.07, 6.45) is 2.79. The number of benzene rings is 1. The fourth-order valence-corrected chi connectivity index (χ4v) is 2.35. The fourth-order valence-electron chi connectivity index (χ4n) is 2.35. The predicted octanol–water partition coefficient (Wildman–Crippen LogP) is 3.36. The Morgan fingerprint density at radius 2 is 1.85 bits per heavy atom. The molecule has 0 amide bonds. The molecule has 1 unspecified atom stereocenters. The third-order valence-corrected chi connectivity index (χ3v) is 3.40. The number of anilines is 2. The van der Waals surface area contributed by atoms with E-state index < -0.39 is 0 Å². The number of nitrogens with zero attached hydrogens (tertiary/aromatic N) is 2. The first-order valence-electron chi connectivity index (χ1n) is 6.99. The molecule has 1 aromatic carbocycles. The minimum Gasteiger partial charge on any atom is -0.329 e. The summed E-state index contributed by atoms with van der Waals surface area (Å²) < 4.78 is 0. The average molecular weight is 269 g/mol. The standard InChI is InChI=1S/C17H23N3/c1-12-5-7-16(8-6-12)20(4)17-13(2)9-15(11-19-17)10-14(3)18/h5-9,11,14H,10,18H2,1-4H3. The summed E-state index contributed by atoms with van der Waals surface area (Å²) in [4.78, 5) is 6.72. The van der Waals surface area contributed by atoms with E-state index in [4.69, 9.17) is 5.73 Å². The molecule has 2 rings (SSSR count). The second-order valence-electron chi connectivity index (χ2n) is 5.56. The Balaban J connectivity index is 2.26. The van der Waals surface area contributed by atoms with Crippen molar-refractivity contribution in [3.63, 3.8) is 0 Å². The molecule has 0 aliphatic carbocycles. The van der Waals surface area contributed by atoms with Gasteiger partial charge in [-0.25, -0.2) is 4.98 Å². The van der Waals surface area contributed by atoms with Gasteiger partial charge in [-0.2, -0.15) is 0 Å². The third kappa shape index (κ3) is 3.36. The molecule has 106 valence electrons. The van der Waals surface area contributed by atoms with Crippen LogP contribution in [0.1, 0.15) is 23.6 Å². The molecule has 0 spiro atoms. The summed E-state index contributed by atoms with van der Waals surface area (Å²) in [5.74, 6) is 0.988. The van der Waals surface area contributed by atoms with Gasteiger partial charge >= 0.3 is 0 Å². The van der Waals surface area contributed by atoms with Crippen LogP contribution in [0.2, 0.25) is 0 Å². The molecule has 0 bridgehead atoms. The Kier molecular flexibility index (Phi) is 4.40. The largest absolute Gasteiger partial charge is 0.329 e. The van der Waals surface area contributed by atoms with Gasteiger partial charge in [-0.05, 0) is 50.5 Å². The lowest BCUT2D eigenvalue weighted by Crippen LogP contribution is -2.18. The molecule has 20 heavy (non-hydrogen) atoms. The third-order valence-electron chi connectivity index (χ3n) is 3.40. The van der Waals surface area contributed by atoms with Crippen molar-refractivity contribution in [3.05, 3.63) is 53.2 Å². The molecule has 0 fully saturated rings. The van der Waals surface area contributed by atoms with Crippen LogP contribution in [0.4, 0.5) is 11.5 Å². The van der Waals surface area contributed by atoms with E-state index >= 15 is 0 Å². The highest BCUT2D eigenvalue weighted by Gasteiger charge is 2.09. The lowest BCUT2D eigenvalue weighted by atomic mass is 10.1. The number of hydrogen-bond acceptors (Lipinski definition) is 3. The highest BCUT2D eigenvalue weighted by molar-refractivity contribution is 5.62. The van der Waals surface area contributed by atoms with E-state index in [-0.39, 0.29) is 6.04 Å². The summed E-state index contributed by atoms with van der Waals surface area (Å²) in [6.45, 7) is 6.20. The highest BCUT2D eigenvalue weighted by atomic mass is 15.2. The van der Waals surface area contributed by atoms with Crippen molar-refractivity contribution in [1.82, 2.24) is 4.98 Å². The maximum Gasteiger partial charge on any atom is 0.135 e. The van der Waals surface area contributed by atoms with Crippen LogP contribution in [0.25, 0.3) is 0 Å². The van der Waals surface area contributed by atoms with Crippen molar-refractivity contribution in [3.8, 4) is 0 Å². The number of nitrogens with two attached hydrogens (primary N) is 1. The SMILES string of the molecule is Cc1ccc(N(C)c2ncc(CC(C)N)cc2C)cc1. The van der Waals surface area contributed by atoms with Crippen molar-refractivity contribution in [2.75, 3.05) is 11.9 Å². The summed E-state index contributed by atoms with van der Waals surface area (Å²) in [6, 6.07) is 10.8. The maximum absolute atomic E-state index is 5.84. The minimum absolute atomic E-state index is 0.164. The number of rotatable bonds is 4. The zero-order chi connectivity index (χ0) is 14.7. The number of aromatic nitrogens is 1. The van der Waals surface area contributed by atoms with Gasteiger partial charge < -0.3 is 10.6 Å². The van der Waals surface area contributed by atoms with Crippen LogP contribution in [-0.4, -0.2) is 18.1 Å². The van der Waals surface area contributed by atoms with Crippen LogP contribution in [0.3, 0.4) is 0 Å². The van der Waals surface area contributed by atoms with Crippen LogP contribution >= 0.6 is 0 Å². The monoisotopic (exact) mass is 269 g/mol. The molecule has 1 heterocycles. The summed E-state index contributed by atoms with van der Waals surface area (Å²) in [5, 5.41) is 0. The van der Waals surface area contributed by atoms with Gasteiger partial charge in [0.05, 0.1) is 0 Å². The maximum atomic E-state index is 5.84. The predicted molar refractivity (Wildman–Crippen MR) is 85.6 cm³/mol. The van der Waals surface area contributed by atoms with Gasteiger partial charge in [0.25, 0.3) is 0 Å². The molecule has 3 heteroatoms. The quantitative estimate of drug-likeness (QED) is 0.925. The summed E-state index contributed by atoms with van der Waals surface area (Å²) in [5.41, 5.74) is 10.6. The molecule has 3 nitrogen and oxygen atoms in total. The van der Waals surface area contributed by atoms with Crippen LogP contribution in [-0.2, 0) is 6.42 Å². The molecule has 0 radical (unpaired) electrons. The first-order chi connectivity index (χ1) is 9.47. The van der Waals surface area contributed by atoms with Crippen LogP contribution in [0.5, 0.6) is 0 Å². The van der Waals surface area contributed by atoms with Gasteiger partial charge in [-0.3, -0.25) is 0 Å². The van der Waals surface area contributed by atoms with E-state index in [1.165, 1.54) is 16.7 Å². The molecule has 0 saturated heterocycles. The summed E-state index contributed by atoms with van der Waals surface area (Å²) in [7, 11) is 2.05. The van der Waals surface area contributed by atoms with Gasteiger partial charge in [0.2, 0.25) is 0 Å². The topological polar surface area (TPSA) is 42.2 Å². The molecule has 1 aromatic heterocycles. The fraction of sp³-hybridized carbons (Fsp3) is 0.353. The minimum atomic E-state index is 0.164. The average Bonchev–Trinajstić information content (AvgIpc) is 2.38. The van der Waals surface area contributed by atoms with Gasteiger partial charge in [0.1, 0.15) is 5.82 Å². The zero-order valence-electron chi connectivity index (χ0n) is 12.7. The molecule has 1 atom stereocenters. The van der Waals surface area contributed by atoms with Gasteiger partial charge in [-0.15, -0.1) is 0 Å². The van der Waals surface area contributed by atoms with E-state index in [9.17, 15) is 0 Å². The van der Waals surface area contributed by atoms with Crippen molar-refractivity contribution in [2.24, 2.45) is 5.73 Å². The van der Waals surface area contributed by atoms with Crippen molar-refractivity contribution >= 4 is 11.5 Å². The van der Waals surface area contributed by atoms with Crippen LogP contribution in [0, 0.1) is 13.8 Å². The van der Waals surface area contributed by atoms with Crippen molar-refractivity contribution in [1.29, 1.82) is 0 Å². The van der Waals surface area contributed by atoms with E-state index in [0.717, 1.165) is 17.9 Å². The highest BCUT2D eigenvalue weighted by Crippen LogP contribution is 2.25. The number of hydrogen-bond donors (Lipinski definition) is 1. The Bertz CT molecular complexity index is 573.